The maximum atomic E-state index is 12.7. The number of aromatic nitrogens is 2. The second-order valence-electron chi connectivity index (χ2n) is 5.85. The van der Waals surface area contributed by atoms with Crippen LogP contribution >= 0.6 is 24.0 Å². The Bertz CT molecular complexity index is 1020. The predicted octanol–water partition coefficient (Wildman–Crippen LogP) is 4.07. The summed E-state index contributed by atoms with van der Waals surface area (Å²) in [5, 5.41) is 0. The minimum Gasteiger partial charge on any atom is -0.293 e. The Morgan fingerprint density at radius 2 is 1.77 bits per heavy atom. The molecule has 1 aliphatic rings. The lowest BCUT2D eigenvalue weighted by Gasteiger charge is -2.14. The van der Waals surface area contributed by atoms with Gasteiger partial charge in [-0.1, -0.05) is 66.4 Å². The van der Waals surface area contributed by atoms with Gasteiger partial charge in [-0.3, -0.25) is 14.7 Å². The Hall–Kier alpha value is -2.57. The highest BCUT2D eigenvalue weighted by Gasteiger charge is 2.31. The summed E-state index contributed by atoms with van der Waals surface area (Å²) >= 11 is 6.71. The van der Waals surface area contributed by atoms with Crippen molar-refractivity contribution >= 4 is 51.3 Å². The first kappa shape index (κ1) is 16.9. The second-order valence-corrected chi connectivity index (χ2v) is 7.53. The molecule has 0 unspecified atom stereocenters. The third-order valence-electron chi connectivity index (χ3n) is 4.09. The molecule has 3 aromatic rings. The van der Waals surface area contributed by atoms with Crippen LogP contribution in [0.15, 0.2) is 65.7 Å². The molecule has 0 atom stereocenters. The van der Waals surface area contributed by atoms with Crippen LogP contribution in [-0.2, 0) is 11.2 Å². The van der Waals surface area contributed by atoms with E-state index in [4.69, 9.17) is 12.2 Å². The minimum absolute atomic E-state index is 0.0640. The summed E-state index contributed by atoms with van der Waals surface area (Å²) in [6.45, 7) is 0.579. The summed E-state index contributed by atoms with van der Waals surface area (Å²) in [4.78, 5) is 23.9. The van der Waals surface area contributed by atoms with E-state index in [1.807, 2.05) is 42.5 Å². The molecule has 0 N–H and O–H groups in total. The van der Waals surface area contributed by atoms with Crippen molar-refractivity contribution in [3.05, 3.63) is 77.0 Å². The molecule has 128 valence electrons. The van der Waals surface area contributed by atoms with E-state index in [1.54, 1.807) is 17.2 Å². The van der Waals surface area contributed by atoms with Crippen LogP contribution in [-0.4, -0.2) is 31.6 Å². The Balaban J connectivity index is 1.52. The molecule has 26 heavy (non-hydrogen) atoms. The van der Waals surface area contributed by atoms with E-state index in [-0.39, 0.29) is 5.91 Å². The van der Waals surface area contributed by atoms with E-state index < -0.39 is 0 Å². The maximum Gasteiger partial charge on any atom is 0.266 e. The van der Waals surface area contributed by atoms with Gasteiger partial charge in [0.15, 0.2) is 0 Å². The van der Waals surface area contributed by atoms with E-state index in [0.29, 0.717) is 21.5 Å². The van der Waals surface area contributed by atoms with Gasteiger partial charge in [-0.05, 0) is 30.2 Å². The first-order chi connectivity index (χ1) is 12.7. The fraction of sp³-hybridized carbons (Fsp3) is 0.100. The number of carbonyl (C=O) groups excluding carboxylic acids is 1. The molecule has 6 heteroatoms. The van der Waals surface area contributed by atoms with E-state index in [9.17, 15) is 4.79 Å². The summed E-state index contributed by atoms with van der Waals surface area (Å²) < 4.78 is 0.589. The number of hydrogen-bond donors (Lipinski definition) is 0. The van der Waals surface area contributed by atoms with Crippen molar-refractivity contribution in [2.45, 2.75) is 6.42 Å². The monoisotopic (exact) mass is 377 g/mol. The molecule has 0 aliphatic carbocycles. The van der Waals surface area contributed by atoms with Crippen LogP contribution in [0.2, 0.25) is 0 Å². The van der Waals surface area contributed by atoms with Gasteiger partial charge in [0, 0.05) is 6.54 Å². The van der Waals surface area contributed by atoms with E-state index >= 15 is 0 Å². The number of thiocarbonyl (C=S) groups is 1. The van der Waals surface area contributed by atoms with Crippen molar-refractivity contribution in [2.24, 2.45) is 0 Å². The van der Waals surface area contributed by atoms with E-state index in [2.05, 4.69) is 22.1 Å². The molecular weight excluding hydrogens is 362 g/mol. The number of carbonyl (C=O) groups is 1. The number of benzene rings is 2. The molecule has 1 saturated heterocycles. The number of thioether (sulfide) groups is 1. The molecule has 2 heterocycles. The van der Waals surface area contributed by atoms with E-state index in [0.717, 1.165) is 17.5 Å². The summed E-state index contributed by atoms with van der Waals surface area (Å²) in [5.41, 5.74) is 3.49. The van der Waals surface area contributed by atoms with Crippen molar-refractivity contribution in [3.8, 4) is 0 Å². The second kappa shape index (κ2) is 7.35. The van der Waals surface area contributed by atoms with Gasteiger partial charge >= 0.3 is 0 Å². The molecule has 4 nitrogen and oxygen atoms in total. The Labute approximate surface area is 161 Å². The number of para-hydroxylation sites is 2. The van der Waals surface area contributed by atoms with Gasteiger partial charge in [0.25, 0.3) is 5.91 Å². The number of nitrogens with zero attached hydrogens (tertiary/aromatic N) is 3. The fourth-order valence-corrected chi connectivity index (χ4v) is 4.05. The van der Waals surface area contributed by atoms with Crippen molar-refractivity contribution in [1.82, 2.24) is 14.9 Å². The summed E-state index contributed by atoms with van der Waals surface area (Å²) in [6.07, 6.45) is 4.22. The molecule has 0 saturated carbocycles. The van der Waals surface area contributed by atoms with Crippen molar-refractivity contribution < 1.29 is 4.79 Å². The molecule has 0 radical (unpaired) electrons. The Kier molecular flexibility index (Phi) is 4.77. The zero-order chi connectivity index (χ0) is 17.9. The van der Waals surface area contributed by atoms with Crippen LogP contribution in [0.5, 0.6) is 0 Å². The third kappa shape index (κ3) is 3.52. The zero-order valence-electron chi connectivity index (χ0n) is 13.8. The lowest BCUT2D eigenvalue weighted by Crippen LogP contribution is -2.30. The SMILES string of the molecule is O=C1/C(=C\c2cnc3ccccc3n2)SC(=S)N1CCc1ccccc1. The highest BCUT2D eigenvalue weighted by atomic mass is 32.2. The topological polar surface area (TPSA) is 46.1 Å². The molecule has 1 aliphatic heterocycles. The molecule has 1 aromatic heterocycles. The van der Waals surface area contributed by atoms with Crippen LogP contribution in [0.4, 0.5) is 0 Å². The van der Waals surface area contributed by atoms with Gasteiger partial charge in [0.05, 0.1) is 27.8 Å². The molecule has 1 amide bonds. The maximum absolute atomic E-state index is 12.7. The Morgan fingerprint density at radius 1 is 1.04 bits per heavy atom. The molecule has 4 rings (SSSR count). The lowest BCUT2D eigenvalue weighted by atomic mass is 10.1. The van der Waals surface area contributed by atoms with Crippen molar-refractivity contribution in [2.75, 3.05) is 6.54 Å². The highest BCUT2D eigenvalue weighted by Crippen LogP contribution is 2.32. The zero-order valence-corrected chi connectivity index (χ0v) is 15.5. The number of fused-ring (bicyclic) bond motifs is 1. The van der Waals surface area contributed by atoms with Gasteiger partial charge in [-0.25, -0.2) is 4.98 Å². The average Bonchev–Trinajstić information content (AvgIpc) is 2.94. The van der Waals surface area contributed by atoms with Gasteiger partial charge < -0.3 is 0 Å². The third-order valence-corrected chi connectivity index (χ3v) is 5.46. The molecule has 1 fully saturated rings. The number of rotatable bonds is 4. The molecule has 0 spiro atoms. The van der Waals surface area contributed by atoms with Crippen LogP contribution in [0.25, 0.3) is 17.1 Å². The van der Waals surface area contributed by atoms with Crippen LogP contribution in [0.3, 0.4) is 0 Å². The largest absolute Gasteiger partial charge is 0.293 e. The van der Waals surface area contributed by atoms with Crippen molar-refractivity contribution in [1.29, 1.82) is 0 Å². The fourth-order valence-electron chi connectivity index (χ4n) is 2.75. The van der Waals surface area contributed by atoms with Crippen LogP contribution < -0.4 is 0 Å². The van der Waals surface area contributed by atoms with Crippen LogP contribution in [0.1, 0.15) is 11.3 Å². The van der Waals surface area contributed by atoms with Crippen LogP contribution in [0, 0.1) is 0 Å². The number of amides is 1. The molecular formula is C20H15N3OS2. The normalized spacial score (nSPS) is 16.0. The average molecular weight is 377 g/mol. The Morgan fingerprint density at radius 3 is 2.58 bits per heavy atom. The highest BCUT2D eigenvalue weighted by molar-refractivity contribution is 8.26. The van der Waals surface area contributed by atoms with Gasteiger partial charge in [-0.15, -0.1) is 0 Å². The van der Waals surface area contributed by atoms with E-state index in [1.165, 1.54) is 17.3 Å². The quantitative estimate of drug-likeness (QED) is 0.507. The van der Waals surface area contributed by atoms with Gasteiger partial charge in [0.1, 0.15) is 4.32 Å². The predicted molar refractivity (Wildman–Crippen MR) is 110 cm³/mol. The first-order valence-corrected chi connectivity index (χ1v) is 9.44. The number of hydrogen-bond acceptors (Lipinski definition) is 5. The minimum atomic E-state index is -0.0640. The molecule has 2 aromatic carbocycles. The standard InChI is InChI=1S/C20H15N3OS2/c24-19-18(12-15-13-21-16-8-4-5-9-17(16)22-15)26-20(25)23(19)11-10-14-6-2-1-3-7-14/h1-9,12-13H,10-11H2/b18-12+. The first-order valence-electron chi connectivity index (χ1n) is 8.22. The van der Waals surface area contributed by atoms with Crippen molar-refractivity contribution in [3.63, 3.8) is 0 Å². The smallest absolute Gasteiger partial charge is 0.266 e. The summed E-state index contributed by atoms with van der Waals surface area (Å²) in [6, 6.07) is 17.8. The van der Waals surface area contributed by atoms with Gasteiger partial charge in [-0.2, -0.15) is 0 Å². The van der Waals surface area contributed by atoms with Gasteiger partial charge in [0.2, 0.25) is 0 Å². The lowest BCUT2D eigenvalue weighted by molar-refractivity contribution is -0.122. The summed E-state index contributed by atoms with van der Waals surface area (Å²) in [7, 11) is 0. The summed E-state index contributed by atoms with van der Waals surface area (Å²) in [5.74, 6) is -0.0640. The molecule has 0 bridgehead atoms.